The van der Waals surface area contributed by atoms with Crippen LogP contribution in [0.25, 0.3) is 0 Å². The van der Waals surface area contributed by atoms with Crippen molar-refractivity contribution < 1.29 is 4.79 Å². The lowest BCUT2D eigenvalue weighted by Crippen LogP contribution is -2.25. The first-order valence-corrected chi connectivity index (χ1v) is 6.60. The molecule has 1 atom stereocenters. The van der Waals surface area contributed by atoms with Gasteiger partial charge in [0.1, 0.15) is 0 Å². The van der Waals surface area contributed by atoms with Crippen molar-refractivity contribution in [2.75, 3.05) is 0 Å². The van der Waals surface area contributed by atoms with Crippen LogP contribution in [-0.4, -0.2) is 5.78 Å². The van der Waals surface area contributed by atoms with E-state index in [-0.39, 0.29) is 17.1 Å². The third-order valence-electron chi connectivity index (χ3n) is 4.03. The number of benzene rings is 1. The minimum atomic E-state index is 0.133. The molecule has 92 valence electrons. The summed E-state index contributed by atoms with van der Waals surface area (Å²) in [5, 5.41) is 0.687. The number of aryl methyl sites for hydroxylation is 1. The summed E-state index contributed by atoms with van der Waals surface area (Å²) in [5.41, 5.74) is 1.92. The molecule has 0 aliphatic heterocycles. The van der Waals surface area contributed by atoms with Gasteiger partial charge in [-0.3, -0.25) is 4.79 Å². The zero-order valence-electron chi connectivity index (χ0n) is 10.7. The Kier molecular flexibility index (Phi) is 3.31. The summed E-state index contributed by atoms with van der Waals surface area (Å²) in [4.78, 5) is 12.5. The fourth-order valence-corrected chi connectivity index (χ4v) is 2.94. The first-order valence-electron chi connectivity index (χ1n) is 6.22. The summed E-state index contributed by atoms with van der Waals surface area (Å²) in [6.45, 7) is 6.34. The Labute approximate surface area is 108 Å². The summed E-state index contributed by atoms with van der Waals surface area (Å²) >= 11 is 6.08. The van der Waals surface area contributed by atoms with E-state index < -0.39 is 0 Å². The molecule has 1 saturated carbocycles. The van der Waals surface area contributed by atoms with E-state index in [0.29, 0.717) is 5.02 Å². The van der Waals surface area contributed by atoms with Crippen molar-refractivity contribution in [3.05, 3.63) is 34.3 Å². The summed E-state index contributed by atoms with van der Waals surface area (Å²) in [6.07, 6.45) is 3.31. The minimum Gasteiger partial charge on any atom is -0.294 e. The summed E-state index contributed by atoms with van der Waals surface area (Å²) < 4.78 is 0. The molecule has 1 aromatic rings. The van der Waals surface area contributed by atoms with Crippen molar-refractivity contribution in [2.24, 2.45) is 11.3 Å². The molecular formula is C15H19ClO. The Morgan fingerprint density at radius 3 is 2.65 bits per heavy atom. The molecule has 0 bridgehead atoms. The smallest absolute Gasteiger partial charge is 0.166 e. The Morgan fingerprint density at radius 1 is 1.41 bits per heavy atom. The van der Waals surface area contributed by atoms with Gasteiger partial charge in [-0.2, -0.15) is 0 Å². The quantitative estimate of drug-likeness (QED) is 0.698. The van der Waals surface area contributed by atoms with Gasteiger partial charge in [0.25, 0.3) is 0 Å². The van der Waals surface area contributed by atoms with Crippen LogP contribution in [0.5, 0.6) is 0 Å². The fraction of sp³-hybridized carbons (Fsp3) is 0.533. The second-order valence-corrected chi connectivity index (χ2v) is 6.17. The molecule has 1 aliphatic carbocycles. The molecule has 0 N–H and O–H groups in total. The Bertz CT molecular complexity index is 448. The average Bonchev–Trinajstić information content (AvgIpc) is 2.61. The topological polar surface area (TPSA) is 17.1 Å². The molecule has 1 nitrogen and oxygen atoms in total. The molecule has 0 radical (unpaired) electrons. The van der Waals surface area contributed by atoms with E-state index in [1.165, 1.54) is 0 Å². The fourth-order valence-electron chi connectivity index (χ4n) is 2.76. The van der Waals surface area contributed by atoms with Crippen LogP contribution in [0.1, 0.15) is 49.0 Å². The van der Waals surface area contributed by atoms with E-state index in [9.17, 15) is 4.79 Å². The molecule has 2 heteroatoms. The zero-order valence-corrected chi connectivity index (χ0v) is 11.5. The van der Waals surface area contributed by atoms with Crippen LogP contribution in [0.2, 0.25) is 5.02 Å². The van der Waals surface area contributed by atoms with Crippen LogP contribution in [0.3, 0.4) is 0 Å². The molecule has 0 amide bonds. The second-order valence-electron chi connectivity index (χ2n) is 5.76. The van der Waals surface area contributed by atoms with E-state index in [4.69, 9.17) is 11.6 Å². The van der Waals surface area contributed by atoms with Gasteiger partial charge in [-0.25, -0.2) is 0 Å². The predicted octanol–water partition coefficient (Wildman–Crippen LogP) is 4.66. The van der Waals surface area contributed by atoms with Crippen molar-refractivity contribution in [1.29, 1.82) is 0 Å². The number of hydrogen-bond acceptors (Lipinski definition) is 1. The molecule has 0 aromatic heterocycles. The molecule has 1 unspecified atom stereocenters. The monoisotopic (exact) mass is 250 g/mol. The number of hydrogen-bond donors (Lipinski definition) is 0. The standard InChI is InChI=1S/C15H19ClO/c1-10-6-7-11(9-13(10)16)14(17)12-5-4-8-15(12,2)3/h6-7,9,12H,4-5,8H2,1-3H3. The Morgan fingerprint density at radius 2 is 2.12 bits per heavy atom. The molecule has 0 saturated heterocycles. The maximum atomic E-state index is 12.5. The van der Waals surface area contributed by atoms with E-state index in [0.717, 1.165) is 30.4 Å². The number of halogens is 1. The highest BCUT2D eigenvalue weighted by Gasteiger charge is 2.39. The normalized spacial score (nSPS) is 22.7. The predicted molar refractivity (Wildman–Crippen MR) is 71.6 cm³/mol. The molecule has 0 spiro atoms. The van der Waals surface area contributed by atoms with Crippen LogP contribution in [0.4, 0.5) is 0 Å². The van der Waals surface area contributed by atoms with Crippen LogP contribution in [-0.2, 0) is 0 Å². The third kappa shape index (κ3) is 2.40. The lowest BCUT2D eigenvalue weighted by molar-refractivity contribution is 0.0839. The maximum Gasteiger partial charge on any atom is 0.166 e. The minimum absolute atomic E-state index is 0.133. The number of Topliss-reactive ketones (excluding diaryl/α,β-unsaturated/α-hetero) is 1. The highest BCUT2D eigenvalue weighted by atomic mass is 35.5. The maximum absolute atomic E-state index is 12.5. The highest BCUT2D eigenvalue weighted by Crippen LogP contribution is 2.44. The number of ketones is 1. The van der Waals surface area contributed by atoms with Crippen LogP contribution < -0.4 is 0 Å². The van der Waals surface area contributed by atoms with Crippen molar-refractivity contribution in [2.45, 2.75) is 40.0 Å². The van der Waals surface area contributed by atoms with Gasteiger partial charge in [0.2, 0.25) is 0 Å². The first kappa shape index (κ1) is 12.6. The molecular weight excluding hydrogens is 232 g/mol. The molecule has 17 heavy (non-hydrogen) atoms. The van der Waals surface area contributed by atoms with E-state index in [1.807, 2.05) is 25.1 Å². The van der Waals surface area contributed by atoms with Gasteiger partial charge >= 0.3 is 0 Å². The van der Waals surface area contributed by atoms with Crippen LogP contribution >= 0.6 is 11.6 Å². The van der Waals surface area contributed by atoms with Crippen molar-refractivity contribution in [1.82, 2.24) is 0 Å². The second kappa shape index (κ2) is 4.45. The van der Waals surface area contributed by atoms with E-state index in [2.05, 4.69) is 13.8 Å². The Balaban J connectivity index is 2.28. The van der Waals surface area contributed by atoms with Gasteiger partial charge < -0.3 is 0 Å². The summed E-state index contributed by atoms with van der Waals surface area (Å²) in [5.74, 6) is 0.413. The number of carbonyl (C=O) groups excluding carboxylic acids is 1. The third-order valence-corrected chi connectivity index (χ3v) is 4.44. The SMILES string of the molecule is Cc1ccc(C(=O)C2CCCC2(C)C)cc1Cl. The molecule has 0 heterocycles. The van der Waals surface area contributed by atoms with Crippen molar-refractivity contribution >= 4 is 17.4 Å². The average molecular weight is 251 g/mol. The molecule has 1 fully saturated rings. The van der Waals surface area contributed by atoms with E-state index in [1.54, 1.807) is 0 Å². The van der Waals surface area contributed by atoms with Gasteiger partial charge in [0.15, 0.2) is 5.78 Å². The molecule has 2 rings (SSSR count). The summed E-state index contributed by atoms with van der Waals surface area (Å²) in [6, 6.07) is 5.64. The lowest BCUT2D eigenvalue weighted by Gasteiger charge is -2.25. The zero-order chi connectivity index (χ0) is 12.6. The number of rotatable bonds is 2. The van der Waals surface area contributed by atoms with Gasteiger partial charge in [0, 0.05) is 16.5 Å². The van der Waals surface area contributed by atoms with Crippen LogP contribution in [0, 0.1) is 18.3 Å². The van der Waals surface area contributed by atoms with E-state index >= 15 is 0 Å². The highest BCUT2D eigenvalue weighted by molar-refractivity contribution is 6.31. The molecule has 1 aromatic carbocycles. The van der Waals surface area contributed by atoms with Crippen molar-refractivity contribution in [3.63, 3.8) is 0 Å². The molecule has 1 aliphatic rings. The van der Waals surface area contributed by atoms with Crippen molar-refractivity contribution in [3.8, 4) is 0 Å². The van der Waals surface area contributed by atoms with Gasteiger partial charge in [-0.15, -0.1) is 0 Å². The van der Waals surface area contributed by atoms with Gasteiger partial charge in [-0.05, 0) is 36.8 Å². The largest absolute Gasteiger partial charge is 0.294 e. The van der Waals surface area contributed by atoms with Crippen LogP contribution in [0.15, 0.2) is 18.2 Å². The lowest BCUT2D eigenvalue weighted by atomic mass is 9.77. The van der Waals surface area contributed by atoms with Gasteiger partial charge in [-0.1, -0.05) is 44.0 Å². The van der Waals surface area contributed by atoms with Gasteiger partial charge in [0.05, 0.1) is 0 Å². The number of carbonyl (C=O) groups is 1. The summed E-state index contributed by atoms with van der Waals surface area (Å²) in [7, 11) is 0. The first-order chi connectivity index (χ1) is 7.92. The Hall–Kier alpha value is -0.820.